The van der Waals surface area contributed by atoms with Crippen LogP contribution in [0.1, 0.15) is 23.2 Å². The van der Waals surface area contributed by atoms with E-state index in [1.54, 1.807) is 0 Å². The molecule has 0 bridgehead atoms. The second-order valence-corrected chi connectivity index (χ2v) is 4.08. The van der Waals surface area contributed by atoms with Crippen molar-refractivity contribution in [2.24, 2.45) is 0 Å². The van der Waals surface area contributed by atoms with Crippen LogP contribution in [0.5, 0.6) is 0 Å². The lowest BCUT2D eigenvalue weighted by molar-refractivity contribution is 0.0707. The molecule has 1 aliphatic rings. The quantitative estimate of drug-likeness (QED) is 0.869. The van der Waals surface area contributed by atoms with Crippen LogP contribution in [0.15, 0.2) is 18.2 Å². The summed E-state index contributed by atoms with van der Waals surface area (Å²) in [5.74, 6) is -2.36. The molecular formula is C12H13F2NO2. The molecule has 1 N–H and O–H groups in total. The smallest absolute Gasteiger partial charge is 0.254 e. The highest BCUT2D eigenvalue weighted by molar-refractivity contribution is 5.94. The number of halogens is 2. The largest absolute Gasteiger partial charge is 0.395 e. The number of hydrogen-bond donors (Lipinski definition) is 1. The Morgan fingerprint density at radius 1 is 1.35 bits per heavy atom. The van der Waals surface area contributed by atoms with Gasteiger partial charge in [0.05, 0.1) is 6.61 Å². The number of nitrogens with zero attached hydrogens (tertiary/aromatic N) is 1. The number of aliphatic hydroxyl groups is 1. The number of aliphatic hydroxyl groups excluding tert-OH is 1. The van der Waals surface area contributed by atoms with E-state index < -0.39 is 11.6 Å². The topological polar surface area (TPSA) is 40.5 Å². The molecule has 1 aromatic carbocycles. The van der Waals surface area contributed by atoms with E-state index in [0.29, 0.717) is 0 Å². The summed E-state index contributed by atoms with van der Waals surface area (Å²) in [6.07, 6.45) is 1.80. The Morgan fingerprint density at radius 2 is 2.06 bits per heavy atom. The van der Waals surface area contributed by atoms with Crippen LogP contribution in [0.4, 0.5) is 8.78 Å². The summed E-state index contributed by atoms with van der Waals surface area (Å²) in [5.41, 5.74) is 0.115. The Kier molecular flexibility index (Phi) is 3.38. The molecule has 0 aromatic heterocycles. The normalized spacial score (nSPS) is 14.8. The van der Waals surface area contributed by atoms with E-state index in [1.165, 1.54) is 11.0 Å². The molecule has 92 valence electrons. The van der Waals surface area contributed by atoms with Gasteiger partial charge in [0.15, 0.2) is 11.6 Å². The van der Waals surface area contributed by atoms with Gasteiger partial charge in [0.1, 0.15) is 0 Å². The summed E-state index contributed by atoms with van der Waals surface area (Å²) in [7, 11) is 0. The molecule has 2 rings (SSSR count). The second kappa shape index (κ2) is 4.79. The standard InChI is InChI=1S/C12H13F2NO2/c13-10-4-1-8(7-11(10)14)12(17)15(5-6-16)9-2-3-9/h1,4,7,9,16H,2-3,5-6H2. The van der Waals surface area contributed by atoms with Crippen molar-refractivity contribution in [1.29, 1.82) is 0 Å². The Bertz CT molecular complexity index is 433. The lowest BCUT2D eigenvalue weighted by Gasteiger charge is -2.21. The summed E-state index contributed by atoms with van der Waals surface area (Å²) in [5, 5.41) is 8.88. The average Bonchev–Trinajstić information content (AvgIpc) is 3.13. The maximum Gasteiger partial charge on any atom is 0.254 e. The fourth-order valence-corrected chi connectivity index (χ4v) is 1.74. The van der Waals surface area contributed by atoms with Crippen LogP contribution < -0.4 is 0 Å². The fraction of sp³-hybridized carbons (Fsp3) is 0.417. The van der Waals surface area contributed by atoms with Crippen molar-refractivity contribution in [1.82, 2.24) is 4.90 Å². The minimum Gasteiger partial charge on any atom is -0.395 e. The molecule has 0 aliphatic heterocycles. The van der Waals surface area contributed by atoms with Gasteiger partial charge < -0.3 is 10.0 Å². The van der Waals surface area contributed by atoms with E-state index in [1.807, 2.05) is 0 Å². The van der Waals surface area contributed by atoms with Gasteiger partial charge in [-0.15, -0.1) is 0 Å². The van der Waals surface area contributed by atoms with Crippen molar-refractivity contribution >= 4 is 5.91 Å². The molecule has 1 aromatic rings. The third-order valence-corrected chi connectivity index (χ3v) is 2.76. The highest BCUT2D eigenvalue weighted by Gasteiger charge is 2.32. The Hall–Kier alpha value is -1.49. The third kappa shape index (κ3) is 2.61. The molecule has 1 saturated carbocycles. The second-order valence-electron chi connectivity index (χ2n) is 4.08. The van der Waals surface area contributed by atoms with Crippen LogP contribution in [0, 0.1) is 11.6 Å². The minimum absolute atomic E-state index is 0.115. The maximum atomic E-state index is 13.0. The summed E-state index contributed by atoms with van der Waals surface area (Å²) in [6, 6.07) is 3.22. The van der Waals surface area contributed by atoms with Gasteiger partial charge in [-0.1, -0.05) is 0 Å². The maximum absolute atomic E-state index is 13.0. The fourth-order valence-electron chi connectivity index (χ4n) is 1.74. The van der Waals surface area contributed by atoms with Crippen molar-refractivity contribution in [2.45, 2.75) is 18.9 Å². The first-order valence-electron chi connectivity index (χ1n) is 5.50. The van der Waals surface area contributed by atoms with E-state index in [0.717, 1.165) is 25.0 Å². The summed E-state index contributed by atoms with van der Waals surface area (Å²) < 4.78 is 25.8. The van der Waals surface area contributed by atoms with E-state index in [4.69, 9.17) is 5.11 Å². The molecule has 0 radical (unpaired) electrons. The molecule has 1 fully saturated rings. The van der Waals surface area contributed by atoms with Crippen LogP contribution in [0.2, 0.25) is 0 Å². The van der Waals surface area contributed by atoms with E-state index in [2.05, 4.69) is 0 Å². The SMILES string of the molecule is O=C(c1ccc(F)c(F)c1)N(CCO)C1CC1. The molecule has 1 aliphatic carbocycles. The lowest BCUT2D eigenvalue weighted by atomic mass is 10.2. The molecule has 1 amide bonds. The molecular weight excluding hydrogens is 228 g/mol. The van der Waals surface area contributed by atoms with Gasteiger partial charge in [-0.3, -0.25) is 4.79 Å². The number of rotatable bonds is 4. The summed E-state index contributed by atoms with van der Waals surface area (Å²) >= 11 is 0. The highest BCUT2D eigenvalue weighted by atomic mass is 19.2. The minimum atomic E-state index is -1.03. The van der Waals surface area contributed by atoms with E-state index in [-0.39, 0.29) is 30.7 Å². The van der Waals surface area contributed by atoms with Gasteiger partial charge in [0.2, 0.25) is 0 Å². The zero-order valence-electron chi connectivity index (χ0n) is 9.20. The van der Waals surface area contributed by atoms with Crippen molar-refractivity contribution in [2.75, 3.05) is 13.2 Å². The first-order chi connectivity index (χ1) is 8.13. The third-order valence-electron chi connectivity index (χ3n) is 2.76. The number of carbonyl (C=O) groups is 1. The Balaban J connectivity index is 2.19. The van der Waals surface area contributed by atoms with Gasteiger partial charge in [0.25, 0.3) is 5.91 Å². The van der Waals surface area contributed by atoms with Crippen LogP contribution >= 0.6 is 0 Å². The van der Waals surface area contributed by atoms with E-state index in [9.17, 15) is 13.6 Å². The monoisotopic (exact) mass is 241 g/mol. The van der Waals surface area contributed by atoms with Crippen molar-refractivity contribution in [3.05, 3.63) is 35.4 Å². The number of benzene rings is 1. The van der Waals surface area contributed by atoms with Gasteiger partial charge in [-0.2, -0.15) is 0 Å². The zero-order valence-corrected chi connectivity index (χ0v) is 9.20. The summed E-state index contributed by atoms with van der Waals surface area (Å²) in [4.78, 5) is 13.5. The highest BCUT2D eigenvalue weighted by Crippen LogP contribution is 2.28. The number of amides is 1. The van der Waals surface area contributed by atoms with Gasteiger partial charge in [-0.25, -0.2) is 8.78 Å². The van der Waals surface area contributed by atoms with Gasteiger partial charge in [-0.05, 0) is 31.0 Å². The molecule has 0 unspecified atom stereocenters. The van der Waals surface area contributed by atoms with Crippen LogP contribution in [0.3, 0.4) is 0 Å². The first kappa shape index (κ1) is 12.0. The number of hydrogen-bond acceptors (Lipinski definition) is 2. The Labute approximate surface area is 97.7 Å². The molecule has 5 heteroatoms. The van der Waals surface area contributed by atoms with E-state index >= 15 is 0 Å². The predicted molar refractivity (Wildman–Crippen MR) is 57.5 cm³/mol. The van der Waals surface area contributed by atoms with Crippen LogP contribution in [0.25, 0.3) is 0 Å². The van der Waals surface area contributed by atoms with Crippen molar-refractivity contribution in [3.63, 3.8) is 0 Å². The van der Waals surface area contributed by atoms with Crippen molar-refractivity contribution in [3.8, 4) is 0 Å². The van der Waals surface area contributed by atoms with Crippen molar-refractivity contribution < 1.29 is 18.7 Å². The van der Waals surface area contributed by atoms with Crippen LogP contribution in [-0.2, 0) is 0 Å². The predicted octanol–water partition coefficient (Wildman–Crippen LogP) is 1.56. The molecule has 17 heavy (non-hydrogen) atoms. The molecule has 3 nitrogen and oxygen atoms in total. The van der Waals surface area contributed by atoms with Gasteiger partial charge >= 0.3 is 0 Å². The Morgan fingerprint density at radius 3 is 2.59 bits per heavy atom. The average molecular weight is 241 g/mol. The zero-order chi connectivity index (χ0) is 12.4. The van der Waals surface area contributed by atoms with Crippen LogP contribution in [-0.4, -0.2) is 35.1 Å². The lowest BCUT2D eigenvalue weighted by Crippen LogP contribution is -2.35. The number of carbonyl (C=O) groups excluding carboxylic acids is 1. The first-order valence-corrected chi connectivity index (χ1v) is 5.50. The molecule has 0 heterocycles. The van der Waals surface area contributed by atoms with Gasteiger partial charge in [0, 0.05) is 18.2 Å². The molecule has 0 atom stereocenters. The summed E-state index contributed by atoms with van der Waals surface area (Å²) in [6.45, 7) is 0.0917. The molecule has 0 saturated heterocycles. The molecule has 0 spiro atoms.